The molecule has 4 heteroatoms. The Bertz CT molecular complexity index is 371. The summed E-state index contributed by atoms with van der Waals surface area (Å²) in [5, 5.41) is 8.63. The van der Waals surface area contributed by atoms with Gasteiger partial charge in [-0.2, -0.15) is 0 Å². The molecule has 1 heterocycles. The molecule has 0 bridgehead atoms. The molecule has 0 spiro atoms. The van der Waals surface area contributed by atoms with Gasteiger partial charge in [0.25, 0.3) is 5.56 Å². The fourth-order valence-electron chi connectivity index (χ4n) is 1.53. The first-order valence-corrected chi connectivity index (χ1v) is 5.23. The van der Waals surface area contributed by atoms with E-state index in [2.05, 4.69) is 0 Å². The molecule has 0 radical (unpaired) electrons. The average molecular weight is 210 g/mol. The van der Waals surface area contributed by atoms with Crippen molar-refractivity contribution in [1.29, 1.82) is 0 Å². The van der Waals surface area contributed by atoms with Gasteiger partial charge in [0, 0.05) is 24.9 Å². The molecule has 0 aliphatic carbocycles. The Morgan fingerprint density at radius 3 is 2.73 bits per heavy atom. The van der Waals surface area contributed by atoms with Gasteiger partial charge in [-0.25, -0.2) is 0 Å². The molecule has 0 aliphatic rings. The lowest BCUT2D eigenvalue weighted by molar-refractivity contribution is 0.281. The number of hydrogen-bond acceptors (Lipinski definition) is 3. The Balaban J connectivity index is 2.68. The van der Waals surface area contributed by atoms with E-state index in [4.69, 9.17) is 10.8 Å². The Morgan fingerprint density at radius 1 is 1.33 bits per heavy atom. The van der Waals surface area contributed by atoms with E-state index in [0.717, 1.165) is 25.0 Å². The van der Waals surface area contributed by atoms with Crippen LogP contribution in [0.3, 0.4) is 0 Å². The fraction of sp³-hybridized carbons (Fsp3) is 0.545. The van der Waals surface area contributed by atoms with E-state index in [1.807, 2.05) is 6.92 Å². The van der Waals surface area contributed by atoms with Crippen molar-refractivity contribution >= 4 is 5.69 Å². The van der Waals surface area contributed by atoms with Gasteiger partial charge in [0.2, 0.25) is 0 Å². The number of nitrogen functional groups attached to an aromatic ring is 1. The van der Waals surface area contributed by atoms with Gasteiger partial charge in [0.05, 0.1) is 5.69 Å². The molecule has 4 nitrogen and oxygen atoms in total. The zero-order valence-corrected chi connectivity index (χ0v) is 9.07. The summed E-state index contributed by atoms with van der Waals surface area (Å²) in [5.41, 5.74) is 7.19. The maximum absolute atomic E-state index is 11.5. The summed E-state index contributed by atoms with van der Waals surface area (Å²) in [4.78, 5) is 11.5. The second-order valence-corrected chi connectivity index (χ2v) is 3.65. The molecule has 0 aliphatic heterocycles. The summed E-state index contributed by atoms with van der Waals surface area (Å²) in [6.45, 7) is 2.74. The van der Waals surface area contributed by atoms with Crippen LogP contribution < -0.4 is 11.3 Å². The van der Waals surface area contributed by atoms with Crippen molar-refractivity contribution in [3.8, 4) is 0 Å². The first kappa shape index (κ1) is 11.8. The van der Waals surface area contributed by atoms with Crippen molar-refractivity contribution < 1.29 is 5.11 Å². The quantitative estimate of drug-likeness (QED) is 0.709. The zero-order chi connectivity index (χ0) is 11.3. The van der Waals surface area contributed by atoms with Crippen molar-refractivity contribution in [1.82, 2.24) is 4.57 Å². The molecule has 0 aromatic carbocycles. The van der Waals surface area contributed by atoms with Crippen LogP contribution in [0.4, 0.5) is 5.69 Å². The number of unbranched alkanes of at least 4 members (excludes halogenated alkanes) is 2. The third kappa shape index (κ3) is 3.09. The second-order valence-electron chi connectivity index (χ2n) is 3.65. The highest BCUT2D eigenvalue weighted by atomic mass is 16.2. The second kappa shape index (κ2) is 5.56. The molecule has 0 atom stereocenters. The molecule has 0 saturated heterocycles. The lowest BCUT2D eigenvalue weighted by Crippen LogP contribution is -2.22. The number of nitrogens with zero attached hydrogens (tertiary/aromatic N) is 1. The predicted octanol–water partition coefficient (Wildman–Crippen LogP) is 0.902. The van der Waals surface area contributed by atoms with Crippen LogP contribution in [0.15, 0.2) is 16.9 Å². The number of nitrogens with two attached hydrogens (primary N) is 1. The number of hydrogen-bond donors (Lipinski definition) is 2. The summed E-state index contributed by atoms with van der Waals surface area (Å²) in [7, 11) is 0. The van der Waals surface area contributed by atoms with E-state index < -0.39 is 0 Å². The van der Waals surface area contributed by atoms with Crippen molar-refractivity contribution in [3.05, 3.63) is 28.2 Å². The topological polar surface area (TPSA) is 68.2 Å². The summed E-state index contributed by atoms with van der Waals surface area (Å²) in [6.07, 6.45) is 2.61. The summed E-state index contributed by atoms with van der Waals surface area (Å²) >= 11 is 0. The van der Waals surface area contributed by atoms with Gasteiger partial charge >= 0.3 is 0 Å². The molecule has 0 saturated carbocycles. The molecule has 84 valence electrons. The molecule has 0 unspecified atom stereocenters. The first-order chi connectivity index (χ1) is 7.16. The number of anilines is 1. The molecule has 3 N–H and O–H groups in total. The average Bonchev–Trinajstić information content (AvgIpc) is 2.23. The van der Waals surface area contributed by atoms with Crippen molar-refractivity contribution in [2.24, 2.45) is 0 Å². The SMILES string of the molecule is Cc1c(N)ccc(=O)n1CCCCCO. The van der Waals surface area contributed by atoms with Gasteiger partial charge < -0.3 is 15.4 Å². The van der Waals surface area contributed by atoms with E-state index in [-0.39, 0.29) is 12.2 Å². The number of aliphatic hydroxyl groups is 1. The summed E-state index contributed by atoms with van der Waals surface area (Å²) in [5.74, 6) is 0. The standard InChI is InChI=1S/C11H18N2O2/c1-9-10(12)5-6-11(15)13(9)7-3-2-4-8-14/h5-6,14H,2-4,7-8,12H2,1H3. The largest absolute Gasteiger partial charge is 0.397 e. The minimum Gasteiger partial charge on any atom is -0.397 e. The van der Waals surface area contributed by atoms with Crippen LogP contribution in [0.2, 0.25) is 0 Å². The fourth-order valence-corrected chi connectivity index (χ4v) is 1.53. The molecule has 0 amide bonds. The van der Waals surface area contributed by atoms with Gasteiger partial charge in [-0.15, -0.1) is 0 Å². The van der Waals surface area contributed by atoms with Crippen LogP contribution in [0.5, 0.6) is 0 Å². The third-order valence-electron chi connectivity index (χ3n) is 2.53. The molecular weight excluding hydrogens is 192 g/mol. The Kier molecular flexibility index (Phi) is 4.37. The van der Waals surface area contributed by atoms with E-state index in [9.17, 15) is 4.79 Å². The van der Waals surface area contributed by atoms with Crippen LogP contribution in [0.1, 0.15) is 25.0 Å². The van der Waals surface area contributed by atoms with Crippen molar-refractivity contribution in [3.63, 3.8) is 0 Å². The van der Waals surface area contributed by atoms with Crippen LogP contribution >= 0.6 is 0 Å². The number of aromatic nitrogens is 1. The van der Waals surface area contributed by atoms with E-state index in [0.29, 0.717) is 12.2 Å². The molecule has 0 fully saturated rings. The van der Waals surface area contributed by atoms with Gasteiger partial charge in [-0.1, -0.05) is 0 Å². The van der Waals surface area contributed by atoms with Crippen LogP contribution in [-0.4, -0.2) is 16.3 Å². The number of pyridine rings is 1. The van der Waals surface area contributed by atoms with Gasteiger partial charge in [-0.05, 0) is 32.3 Å². The highest BCUT2D eigenvalue weighted by Crippen LogP contribution is 2.07. The van der Waals surface area contributed by atoms with Crippen molar-refractivity contribution in [2.75, 3.05) is 12.3 Å². The van der Waals surface area contributed by atoms with Gasteiger partial charge in [-0.3, -0.25) is 4.79 Å². The normalized spacial score (nSPS) is 10.5. The lowest BCUT2D eigenvalue weighted by atomic mass is 10.2. The monoisotopic (exact) mass is 210 g/mol. The van der Waals surface area contributed by atoms with Gasteiger partial charge in [0.15, 0.2) is 0 Å². The summed E-state index contributed by atoms with van der Waals surface area (Å²) in [6, 6.07) is 3.14. The highest BCUT2D eigenvalue weighted by Gasteiger charge is 2.02. The zero-order valence-electron chi connectivity index (χ0n) is 9.07. The summed E-state index contributed by atoms with van der Waals surface area (Å²) < 4.78 is 1.69. The van der Waals surface area contributed by atoms with Crippen molar-refractivity contribution in [2.45, 2.75) is 32.7 Å². The van der Waals surface area contributed by atoms with E-state index in [1.165, 1.54) is 6.07 Å². The maximum atomic E-state index is 11.5. The number of rotatable bonds is 5. The highest BCUT2D eigenvalue weighted by molar-refractivity contribution is 5.41. The molecule has 1 aromatic heterocycles. The maximum Gasteiger partial charge on any atom is 0.250 e. The van der Waals surface area contributed by atoms with Crippen LogP contribution in [0.25, 0.3) is 0 Å². The Labute approximate surface area is 89.3 Å². The molecule has 1 rings (SSSR count). The van der Waals surface area contributed by atoms with Gasteiger partial charge in [0.1, 0.15) is 0 Å². The smallest absolute Gasteiger partial charge is 0.250 e. The van der Waals surface area contributed by atoms with Crippen LogP contribution in [0, 0.1) is 6.92 Å². The van der Waals surface area contributed by atoms with E-state index >= 15 is 0 Å². The first-order valence-electron chi connectivity index (χ1n) is 5.23. The Hall–Kier alpha value is -1.29. The predicted molar refractivity (Wildman–Crippen MR) is 60.8 cm³/mol. The minimum absolute atomic E-state index is 0.00861. The number of aliphatic hydroxyl groups excluding tert-OH is 1. The minimum atomic E-state index is -0.00861. The van der Waals surface area contributed by atoms with E-state index in [1.54, 1.807) is 10.6 Å². The molecular formula is C11H18N2O2. The Morgan fingerprint density at radius 2 is 2.07 bits per heavy atom. The molecule has 1 aromatic rings. The lowest BCUT2D eigenvalue weighted by Gasteiger charge is -2.10. The molecule has 15 heavy (non-hydrogen) atoms. The van der Waals surface area contributed by atoms with Crippen LogP contribution in [-0.2, 0) is 6.54 Å². The third-order valence-corrected chi connectivity index (χ3v) is 2.53.